The summed E-state index contributed by atoms with van der Waals surface area (Å²) in [6, 6.07) is 6.34. The number of thiazole rings is 1. The SMILES string of the molecule is Nc1nc(-c2ccccc2F)c(N)s1. The van der Waals surface area contributed by atoms with Gasteiger partial charge in [-0.05, 0) is 12.1 Å². The van der Waals surface area contributed by atoms with E-state index in [0.29, 0.717) is 21.4 Å². The molecule has 0 radical (unpaired) electrons. The number of halogens is 1. The van der Waals surface area contributed by atoms with Crippen LogP contribution in [-0.2, 0) is 0 Å². The lowest BCUT2D eigenvalue weighted by molar-refractivity contribution is 0.631. The first-order chi connectivity index (χ1) is 6.68. The highest BCUT2D eigenvalue weighted by atomic mass is 32.1. The molecule has 0 aliphatic carbocycles. The molecule has 0 bridgehead atoms. The van der Waals surface area contributed by atoms with Crippen LogP contribution in [0.3, 0.4) is 0 Å². The average Bonchev–Trinajstić information content (AvgIpc) is 2.46. The number of nitrogen functional groups attached to an aromatic ring is 2. The molecule has 4 N–H and O–H groups in total. The third-order valence-corrected chi connectivity index (χ3v) is 2.51. The molecule has 0 fully saturated rings. The number of aromatic nitrogens is 1. The smallest absolute Gasteiger partial charge is 0.182 e. The van der Waals surface area contributed by atoms with Crippen molar-refractivity contribution in [2.45, 2.75) is 0 Å². The summed E-state index contributed by atoms with van der Waals surface area (Å²) < 4.78 is 13.3. The second-order valence-electron chi connectivity index (χ2n) is 2.74. The van der Waals surface area contributed by atoms with Crippen LogP contribution in [-0.4, -0.2) is 4.98 Å². The first-order valence-electron chi connectivity index (χ1n) is 3.95. The first kappa shape index (κ1) is 8.96. The van der Waals surface area contributed by atoms with E-state index in [-0.39, 0.29) is 5.82 Å². The summed E-state index contributed by atoms with van der Waals surface area (Å²) >= 11 is 1.15. The van der Waals surface area contributed by atoms with Gasteiger partial charge >= 0.3 is 0 Å². The lowest BCUT2D eigenvalue weighted by Gasteiger charge is -1.99. The molecular weight excluding hydrogens is 201 g/mol. The Morgan fingerprint density at radius 1 is 1.21 bits per heavy atom. The van der Waals surface area contributed by atoms with Crippen molar-refractivity contribution < 1.29 is 4.39 Å². The highest BCUT2D eigenvalue weighted by Gasteiger charge is 2.12. The van der Waals surface area contributed by atoms with E-state index < -0.39 is 0 Å². The van der Waals surface area contributed by atoms with Crippen LogP contribution in [0.5, 0.6) is 0 Å². The Morgan fingerprint density at radius 3 is 2.50 bits per heavy atom. The molecule has 2 rings (SSSR count). The fourth-order valence-electron chi connectivity index (χ4n) is 1.20. The summed E-state index contributed by atoms with van der Waals surface area (Å²) in [7, 11) is 0. The largest absolute Gasteiger partial charge is 0.389 e. The standard InChI is InChI=1S/C9H8FN3S/c10-6-4-2-1-3-5(6)7-8(11)14-9(12)13-7/h1-4H,11H2,(H2,12,13). The number of rotatable bonds is 1. The van der Waals surface area contributed by atoms with Crippen LogP contribution in [0.2, 0.25) is 0 Å². The fraction of sp³-hybridized carbons (Fsp3) is 0. The van der Waals surface area contributed by atoms with Gasteiger partial charge in [0.1, 0.15) is 16.5 Å². The molecule has 0 amide bonds. The molecule has 0 atom stereocenters. The van der Waals surface area contributed by atoms with Crippen LogP contribution < -0.4 is 11.5 Å². The Bertz CT molecular complexity index is 467. The van der Waals surface area contributed by atoms with E-state index in [1.54, 1.807) is 18.2 Å². The van der Waals surface area contributed by atoms with Crippen LogP contribution >= 0.6 is 11.3 Å². The Balaban J connectivity index is 2.60. The Morgan fingerprint density at radius 2 is 1.93 bits per heavy atom. The van der Waals surface area contributed by atoms with Crippen molar-refractivity contribution in [3.63, 3.8) is 0 Å². The van der Waals surface area contributed by atoms with Crippen molar-refractivity contribution in [1.29, 1.82) is 0 Å². The fourth-order valence-corrected chi connectivity index (χ4v) is 1.81. The predicted molar refractivity (Wildman–Crippen MR) is 56.3 cm³/mol. The van der Waals surface area contributed by atoms with Crippen LogP contribution in [0.4, 0.5) is 14.5 Å². The summed E-state index contributed by atoms with van der Waals surface area (Å²) in [5.41, 5.74) is 11.9. The molecule has 1 heterocycles. The second kappa shape index (κ2) is 3.26. The van der Waals surface area contributed by atoms with Crippen molar-refractivity contribution in [3.8, 4) is 11.3 Å². The van der Waals surface area contributed by atoms with Gasteiger partial charge in [0.05, 0.1) is 0 Å². The molecule has 0 saturated carbocycles. The van der Waals surface area contributed by atoms with Crippen LogP contribution in [0.1, 0.15) is 0 Å². The van der Waals surface area contributed by atoms with E-state index in [1.807, 2.05) is 0 Å². The quantitative estimate of drug-likeness (QED) is 0.756. The molecule has 3 nitrogen and oxygen atoms in total. The maximum absolute atomic E-state index is 13.3. The van der Waals surface area contributed by atoms with Gasteiger partial charge in [0, 0.05) is 5.56 Å². The van der Waals surface area contributed by atoms with Crippen molar-refractivity contribution in [2.24, 2.45) is 0 Å². The van der Waals surface area contributed by atoms with E-state index in [0.717, 1.165) is 11.3 Å². The van der Waals surface area contributed by atoms with Gasteiger partial charge in [0.2, 0.25) is 0 Å². The molecule has 0 unspecified atom stereocenters. The lowest BCUT2D eigenvalue weighted by atomic mass is 10.1. The number of nitrogens with two attached hydrogens (primary N) is 2. The molecular formula is C9H8FN3S. The monoisotopic (exact) mass is 209 g/mol. The van der Waals surface area contributed by atoms with E-state index in [2.05, 4.69) is 4.98 Å². The van der Waals surface area contributed by atoms with Gasteiger partial charge in [-0.25, -0.2) is 9.37 Å². The van der Waals surface area contributed by atoms with Gasteiger partial charge in [-0.3, -0.25) is 0 Å². The van der Waals surface area contributed by atoms with Crippen molar-refractivity contribution in [3.05, 3.63) is 30.1 Å². The molecule has 72 valence electrons. The van der Waals surface area contributed by atoms with Crippen LogP contribution in [0, 0.1) is 5.82 Å². The Labute approximate surface area is 84.2 Å². The first-order valence-corrected chi connectivity index (χ1v) is 4.77. The third-order valence-electron chi connectivity index (χ3n) is 1.80. The molecule has 0 aliphatic heterocycles. The van der Waals surface area contributed by atoms with Crippen molar-refractivity contribution in [1.82, 2.24) is 4.98 Å². The molecule has 1 aromatic heterocycles. The summed E-state index contributed by atoms with van der Waals surface area (Å²) in [6.45, 7) is 0. The summed E-state index contributed by atoms with van der Waals surface area (Å²) in [5.74, 6) is -0.343. The highest BCUT2D eigenvalue weighted by Crippen LogP contribution is 2.32. The van der Waals surface area contributed by atoms with Gasteiger partial charge in [0.15, 0.2) is 5.13 Å². The van der Waals surface area contributed by atoms with Gasteiger partial charge < -0.3 is 11.5 Å². The molecule has 2 aromatic rings. The van der Waals surface area contributed by atoms with E-state index in [9.17, 15) is 4.39 Å². The molecule has 5 heteroatoms. The minimum Gasteiger partial charge on any atom is -0.389 e. The topological polar surface area (TPSA) is 64.9 Å². The summed E-state index contributed by atoms with van der Waals surface area (Å²) in [6.07, 6.45) is 0. The molecule has 0 aliphatic rings. The van der Waals surface area contributed by atoms with Crippen LogP contribution in [0.25, 0.3) is 11.3 Å². The zero-order valence-electron chi connectivity index (χ0n) is 7.20. The Kier molecular flexibility index (Phi) is 2.09. The maximum Gasteiger partial charge on any atom is 0.182 e. The van der Waals surface area contributed by atoms with E-state index in [4.69, 9.17) is 11.5 Å². The average molecular weight is 209 g/mol. The zero-order chi connectivity index (χ0) is 10.1. The van der Waals surface area contributed by atoms with Gasteiger partial charge in [-0.1, -0.05) is 23.5 Å². The van der Waals surface area contributed by atoms with Crippen molar-refractivity contribution in [2.75, 3.05) is 11.5 Å². The van der Waals surface area contributed by atoms with Gasteiger partial charge in [0.25, 0.3) is 0 Å². The van der Waals surface area contributed by atoms with E-state index >= 15 is 0 Å². The highest BCUT2D eigenvalue weighted by molar-refractivity contribution is 7.19. The molecule has 0 saturated heterocycles. The normalized spacial score (nSPS) is 10.4. The van der Waals surface area contributed by atoms with Crippen LogP contribution in [0.15, 0.2) is 24.3 Å². The summed E-state index contributed by atoms with van der Waals surface area (Å²) in [4.78, 5) is 3.97. The minimum atomic E-state index is -0.343. The van der Waals surface area contributed by atoms with Gasteiger partial charge in [-0.15, -0.1) is 0 Å². The number of hydrogen-bond acceptors (Lipinski definition) is 4. The van der Waals surface area contributed by atoms with Gasteiger partial charge in [-0.2, -0.15) is 0 Å². The minimum absolute atomic E-state index is 0.343. The number of hydrogen-bond donors (Lipinski definition) is 2. The molecule has 1 aromatic carbocycles. The predicted octanol–water partition coefficient (Wildman–Crippen LogP) is 2.11. The number of benzene rings is 1. The zero-order valence-corrected chi connectivity index (χ0v) is 8.01. The number of nitrogens with zero attached hydrogens (tertiary/aromatic N) is 1. The molecule has 14 heavy (non-hydrogen) atoms. The maximum atomic E-state index is 13.3. The van der Waals surface area contributed by atoms with Crippen molar-refractivity contribution >= 4 is 21.5 Å². The molecule has 0 spiro atoms. The third kappa shape index (κ3) is 1.42. The summed E-state index contributed by atoms with van der Waals surface area (Å²) in [5, 5.41) is 0.786. The van der Waals surface area contributed by atoms with E-state index in [1.165, 1.54) is 6.07 Å². The second-order valence-corrected chi connectivity index (χ2v) is 3.81. The lowest BCUT2D eigenvalue weighted by Crippen LogP contribution is -1.89. The number of anilines is 2. The Hall–Kier alpha value is -1.62.